The molecule has 0 unspecified atom stereocenters. The Morgan fingerprint density at radius 2 is 2.10 bits per heavy atom. The van der Waals surface area contributed by atoms with Crippen molar-refractivity contribution in [3.8, 4) is 11.5 Å². The number of hydrogen-bond acceptors (Lipinski definition) is 6. The molecular weight excluding hydrogens is 368 g/mol. The summed E-state index contributed by atoms with van der Waals surface area (Å²) in [5.74, 6) is 2.01. The van der Waals surface area contributed by atoms with Gasteiger partial charge in [0, 0.05) is 17.0 Å². The van der Waals surface area contributed by atoms with E-state index >= 15 is 0 Å². The third kappa shape index (κ3) is 2.88. The number of methoxy groups -OCH3 is 1. The van der Waals surface area contributed by atoms with Crippen molar-refractivity contribution in [2.75, 3.05) is 20.7 Å². The van der Waals surface area contributed by atoms with Gasteiger partial charge in [-0.05, 0) is 77.8 Å². The van der Waals surface area contributed by atoms with E-state index in [0.717, 1.165) is 30.9 Å². The lowest BCUT2D eigenvalue weighted by Crippen LogP contribution is -2.60. The molecular formula is C23H32N2O4. The van der Waals surface area contributed by atoms with E-state index in [9.17, 15) is 4.79 Å². The number of allylic oxidation sites excluding steroid dienone is 1. The van der Waals surface area contributed by atoms with Gasteiger partial charge in [-0.1, -0.05) is 6.07 Å². The predicted molar refractivity (Wildman–Crippen MR) is 111 cm³/mol. The van der Waals surface area contributed by atoms with Crippen molar-refractivity contribution in [3.05, 3.63) is 35.1 Å². The van der Waals surface area contributed by atoms with Gasteiger partial charge in [0.1, 0.15) is 11.3 Å². The lowest BCUT2D eigenvalue weighted by atomic mass is 9.57. The second kappa shape index (κ2) is 6.74. The van der Waals surface area contributed by atoms with Crippen LogP contribution in [0.2, 0.25) is 0 Å². The van der Waals surface area contributed by atoms with Gasteiger partial charge in [-0.15, -0.1) is 0 Å². The van der Waals surface area contributed by atoms with E-state index in [0.29, 0.717) is 17.7 Å². The van der Waals surface area contributed by atoms with Crippen molar-refractivity contribution in [2.45, 2.75) is 63.6 Å². The molecule has 0 aromatic heterocycles. The molecule has 1 aliphatic carbocycles. The number of rotatable bonds is 3. The number of fused-ring (bicyclic) bond motifs is 1. The first kappa shape index (κ1) is 20.2. The summed E-state index contributed by atoms with van der Waals surface area (Å²) in [5, 5.41) is 0. The fourth-order valence-electron chi connectivity index (χ4n) is 5.40. The second-order valence-corrected chi connectivity index (χ2v) is 9.36. The maximum absolute atomic E-state index is 12.6. The molecule has 1 spiro atoms. The lowest BCUT2D eigenvalue weighted by Gasteiger charge is -2.53. The third-order valence-electron chi connectivity index (χ3n) is 7.10. The molecule has 0 saturated carbocycles. The lowest BCUT2D eigenvalue weighted by molar-refractivity contribution is -0.147. The van der Waals surface area contributed by atoms with Gasteiger partial charge in [0.2, 0.25) is 0 Å². The van der Waals surface area contributed by atoms with Crippen LogP contribution < -0.4 is 15.2 Å². The highest BCUT2D eigenvalue weighted by molar-refractivity contribution is 5.80. The number of esters is 1. The molecule has 3 aliphatic rings. The minimum absolute atomic E-state index is 0.247. The van der Waals surface area contributed by atoms with Crippen molar-refractivity contribution >= 4 is 5.97 Å². The molecule has 4 atom stereocenters. The molecule has 0 amide bonds. The third-order valence-corrected chi connectivity index (χ3v) is 7.10. The van der Waals surface area contributed by atoms with Crippen molar-refractivity contribution in [3.63, 3.8) is 0 Å². The van der Waals surface area contributed by atoms with E-state index in [2.05, 4.69) is 31.9 Å². The number of nitrogens with two attached hydrogens (primary N) is 1. The maximum Gasteiger partial charge on any atom is 0.330 e. The zero-order chi connectivity index (χ0) is 21.1. The van der Waals surface area contributed by atoms with Crippen LogP contribution in [0.3, 0.4) is 0 Å². The first-order valence-electron chi connectivity index (χ1n) is 10.4. The van der Waals surface area contributed by atoms with Crippen molar-refractivity contribution in [1.29, 1.82) is 0 Å². The van der Waals surface area contributed by atoms with Gasteiger partial charge >= 0.3 is 5.97 Å². The minimum Gasteiger partial charge on any atom is -0.493 e. The Morgan fingerprint density at radius 3 is 2.76 bits per heavy atom. The molecule has 2 N–H and O–H groups in total. The van der Waals surface area contributed by atoms with Crippen LogP contribution in [-0.2, 0) is 14.9 Å². The highest BCUT2D eigenvalue weighted by Gasteiger charge is 2.62. The van der Waals surface area contributed by atoms with Crippen molar-refractivity contribution in [1.82, 2.24) is 4.90 Å². The summed E-state index contributed by atoms with van der Waals surface area (Å²) >= 11 is 0. The predicted octanol–water partition coefficient (Wildman–Crippen LogP) is 2.91. The number of carbonyl (C=O) groups is 1. The second-order valence-electron chi connectivity index (χ2n) is 9.36. The molecule has 2 aliphatic heterocycles. The standard InChI is InChI=1S/C23H32N2O4/c1-13-7-9-16(27-6)19-18(13)23-11-12-25(5)14(2)15(23)8-10-17(20(23)29-19)28-21(26)22(3,4)24/h7,9-10,14-15,20H,8,11-12,24H2,1-6H3/t14-,15+,20+,23+/m1/s1. The topological polar surface area (TPSA) is 74.0 Å². The van der Waals surface area contributed by atoms with Crippen LogP contribution in [-0.4, -0.2) is 49.3 Å². The minimum atomic E-state index is -1.07. The summed E-state index contributed by atoms with van der Waals surface area (Å²) in [5.41, 5.74) is 7.08. The Morgan fingerprint density at radius 1 is 1.38 bits per heavy atom. The van der Waals surface area contributed by atoms with Crippen LogP contribution in [0.1, 0.15) is 44.7 Å². The van der Waals surface area contributed by atoms with Crippen LogP contribution in [0.5, 0.6) is 11.5 Å². The number of aryl methyl sites for hydroxylation is 1. The van der Waals surface area contributed by atoms with Gasteiger partial charge in [0.25, 0.3) is 0 Å². The molecule has 6 nitrogen and oxygen atoms in total. The molecule has 6 heteroatoms. The number of piperidine rings is 1. The molecule has 1 fully saturated rings. The Hall–Kier alpha value is -2.05. The highest BCUT2D eigenvalue weighted by Crippen LogP contribution is 2.61. The normalized spacial score (nSPS) is 31.1. The Bertz CT molecular complexity index is 872. The average Bonchev–Trinajstić information content (AvgIpc) is 3.01. The fraction of sp³-hybridized carbons (Fsp3) is 0.609. The van der Waals surface area contributed by atoms with Crippen LogP contribution in [0.25, 0.3) is 0 Å². The number of benzene rings is 1. The van der Waals surface area contributed by atoms with E-state index < -0.39 is 11.5 Å². The summed E-state index contributed by atoms with van der Waals surface area (Å²) in [4.78, 5) is 15.0. The average molecular weight is 401 g/mol. The number of nitrogens with zero attached hydrogens (tertiary/aromatic N) is 1. The summed E-state index contributed by atoms with van der Waals surface area (Å²) in [6.07, 6.45) is 3.44. The van der Waals surface area contributed by atoms with Crippen LogP contribution >= 0.6 is 0 Å². The Kier molecular flexibility index (Phi) is 4.70. The molecule has 1 aromatic rings. The largest absolute Gasteiger partial charge is 0.493 e. The SMILES string of the molecule is COc1ccc(C)c2c1O[C@H]1C(OC(=O)C(C)(C)N)=CC[C@H]3[C@@H](C)N(C)CC[C@]213. The van der Waals surface area contributed by atoms with Gasteiger partial charge in [0.05, 0.1) is 7.11 Å². The van der Waals surface area contributed by atoms with E-state index in [4.69, 9.17) is 19.9 Å². The molecule has 1 saturated heterocycles. The number of carbonyl (C=O) groups excluding carboxylic acids is 1. The van der Waals surface area contributed by atoms with Crippen LogP contribution in [0.15, 0.2) is 24.0 Å². The number of likely N-dealkylation sites (tertiary alicyclic amines) is 1. The van der Waals surface area contributed by atoms with Gasteiger partial charge < -0.3 is 24.8 Å². The first-order chi connectivity index (χ1) is 13.6. The quantitative estimate of drug-likeness (QED) is 0.787. The highest BCUT2D eigenvalue weighted by atomic mass is 16.6. The van der Waals surface area contributed by atoms with Crippen LogP contribution in [0.4, 0.5) is 0 Å². The van der Waals surface area contributed by atoms with Crippen LogP contribution in [0, 0.1) is 12.8 Å². The maximum atomic E-state index is 12.6. The number of ether oxygens (including phenoxy) is 3. The molecule has 0 radical (unpaired) electrons. The fourth-order valence-corrected chi connectivity index (χ4v) is 5.40. The van der Waals surface area contributed by atoms with Gasteiger partial charge in [0.15, 0.2) is 17.6 Å². The van der Waals surface area contributed by atoms with Gasteiger partial charge in [-0.25, -0.2) is 4.79 Å². The van der Waals surface area contributed by atoms with Crippen molar-refractivity contribution < 1.29 is 19.0 Å². The summed E-state index contributed by atoms with van der Waals surface area (Å²) < 4.78 is 18.0. The molecule has 29 heavy (non-hydrogen) atoms. The van der Waals surface area contributed by atoms with Gasteiger partial charge in [-0.3, -0.25) is 0 Å². The molecule has 0 bridgehead atoms. The van der Waals surface area contributed by atoms with E-state index in [1.807, 2.05) is 12.1 Å². The molecule has 158 valence electrons. The van der Waals surface area contributed by atoms with Gasteiger partial charge in [-0.2, -0.15) is 0 Å². The monoisotopic (exact) mass is 400 g/mol. The summed E-state index contributed by atoms with van der Waals surface area (Å²) in [6.45, 7) is 8.69. The molecule has 2 heterocycles. The molecule has 1 aromatic carbocycles. The zero-order valence-corrected chi connectivity index (χ0v) is 18.2. The summed E-state index contributed by atoms with van der Waals surface area (Å²) in [6, 6.07) is 4.44. The van der Waals surface area contributed by atoms with E-state index in [-0.39, 0.29) is 11.5 Å². The Labute approximate surface area is 173 Å². The smallest absolute Gasteiger partial charge is 0.330 e. The summed E-state index contributed by atoms with van der Waals surface area (Å²) in [7, 11) is 3.84. The van der Waals surface area contributed by atoms with E-state index in [1.54, 1.807) is 21.0 Å². The zero-order valence-electron chi connectivity index (χ0n) is 18.2. The molecule has 4 rings (SSSR count). The van der Waals surface area contributed by atoms with Crippen molar-refractivity contribution in [2.24, 2.45) is 11.7 Å². The first-order valence-corrected chi connectivity index (χ1v) is 10.4. The number of hydrogen-bond donors (Lipinski definition) is 1. The Balaban J connectivity index is 1.86. The van der Waals surface area contributed by atoms with E-state index in [1.165, 1.54) is 11.1 Å².